The summed E-state index contributed by atoms with van der Waals surface area (Å²) in [6.45, 7) is 2.64. The molecule has 0 heterocycles. The Hall–Kier alpha value is -2.00. The Balaban J connectivity index is 2.07. The number of benzene rings is 2. The SMILES string of the molecule is CNC(=O)c1cccc(NCc2ccc(C)c(Cl)c2)c1. The maximum absolute atomic E-state index is 11.6. The summed E-state index contributed by atoms with van der Waals surface area (Å²) < 4.78 is 0. The number of hydrogen-bond donors (Lipinski definition) is 2. The zero-order valence-electron chi connectivity index (χ0n) is 11.5. The zero-order valence-corrected chi connectivity index (χ0v) is 12.3. The van der Waals surface area contributed by atoms with Gasteiger partial charge in [0.25, 0.3) is 5.91 Å². The minimum atomic E-state index is -0.0907. The fraction of sp³-hybridized carbons (Fsp3) is 0.188. The van der Waals surface area contributed by atoms with Crippen LogP contribution in [0.2, 0.25) is 5.02 Å². The van der Waals surface area contributed by atoms with Gasteiger partial charge in [-0.1, -0.05) is 29.8 Å². The molecule has 3 nitrogen and oxygen atoms in total. The third kappa shape index (κ3) is 3.52. The Labute approximate surface area is 124 Å². The molecule has 0 saturated carbocycles. The molecule has 2 aromatic carbocycles. The molecule has 0 saturated heterocycles. The van der Waals surface area contributed by atoms with Crippen LogP contribution in [-0.4, -0.2) is 13.0 Å². The number of rotatable bonds is 4. The molecule has 20 heavy (non-hydrogen) atoms. The van der Waals surface area contributed by atoms with E-state index in [9.17, 15) is 4.79 Å². The van der Waals surface area contributed by atoms with Crippen molar-refractivity contribution in [2.45, 2.75) is 13.5 Å². The van der Waals surface area contributed by atoms with Crippen molar-refractivity contribution in [1.29, 1.82) is 0 Å². The summed E-state index contributed by atoms with van der Waals surface area (Å²) in [5.41, 5.74) is 3.71. The van der Waals surface area contributed by atoms with Crippen LogP contribution in [0.3, 0.4) is 0 Å². The van der Waals surface area contributed by atoms with Gasteiger partial charge in [0, 0.05) is 29.9 Å². The van der Waals surface area contributed by atoms with E-state index in [0.717, 1.165) is 21.8 Å². The summed E-state index contributed by atoms with van der Waals surface area (Å²) in [5, 5.41) is 6.67. The van der Waals surface area contributed by atoms with Crippen LogP contribution in [0.5, 0.6) is 0 Å². The summed E-state index contributed by atoms with van der Waals surface area (Å²) in [5.74, 6) is -0.0907. The molecule has 0 aromatic heterocycles. The third-order valence-electron chi connectivity index (χ3n) is 3.08. The normalized spacial score (nSPS) is 10.2. The Morgan fingerprint density at radius 1 is 1.20 bits per heavy atom. The van der Waals surface area contributed by atoms with Crippen LogP contribution in [-0.2, 0) is 6.54 Å². The maximum atomic E-state index is 11.6. The number of halogens is 1. The third-order valence-corrected chi connectivity index (χ3v) is 3.49. The van der Waals surface area contributed by atoms with Crippen molar-refractivity contribution >= 4 is 23.2 Å². The molecule has 104 valence electrons. The van der Waals surface area contributed by atoms with E-state index >= 15 is 0 Å². The Morgan fingerprint density at radius 2 is 2.00 bits per heavy atom. The number of hydrogen-bond acceptors (Lipinski definition) is 2. The summed E-state index contributed by atoms with van der Waals surface area (Å²) in [6.07, 6.45) is 0. The first-order chi connectivity index (χ1) is 9.60. The Kier molecular flexibility index (Phi) is 4.64. The van der Waals surface area contributed by atoms with E-state index in [2.05, 4.69) is 10.6 Å². The Bertz CT molecular complexity index is 626. The lowest BCUT2D eigenvalue weighted by molar-refractivity contribution is 0.0963. The predicted octanol–water partition coefficient (Wildman–Crippen LogP) is 3.62. The number of carbonyl (C=O) groups is 1. The quantitative estimate of drug-likeness (QED) is 0.902. The minimum absolute atomic E-state index is 0.0907. The molecule has 0 unspecified atom stereocenters. The first kappa shape index (κ1) is 14.4. The van der Waals surface area contributed by atoms with Gasteiger partial charge in [0.05, 0.1) is 0 Å². The first-order valence-corrected chi connectivity index (χ1v) is 6.79. The predicted molar refractivity (Wildman–Crippen MR) is 83.3 cm³/mol. The molecule has 2 aromatic rings. The fourth-order valence-corrected chi connectivity index (χ4v) is 2.07. The van der Waals surface area contributed by atoms with Crippen LogP contribution in [0.15, 0.2) is 42.5 Å². The first-order valence-electron chi connectivity index (χ1n) is 6.41. The summed E-state index contributed by atoms with van der Waals surface area (Å²) in [7, 11) is 1.62. The van der Waals surface area contributed by atoms with Gasteiger partial charge in [0.15, 0.2) is 0 Å². The van der Waals surface area contributed by atoms with E-state index in [1.165, 1.54) is 0 Å². The molecule has 4 heteroatoms. The average molecular weight is 289 g/mol. The molecule has 0 aliphatic heterocycles. The molecule has 0 spiro atoms. The molecule has 0 fully saturated rings. The highest BCUT2D eigenvalue weighted by Gasteiger charge is 2.03. The summed E-state index contributed by atoms with van der Waals surface area (Å²) >= 11 is 6.10. The Morgan fingerprint density at radius 3 is 2.70 bits per heavy atom. The van der Waals surface area contributed by atoms with Crippen molar-refractivity contribution in [2.24, 2.45) is 0 Å². The molecule has 2 rings (SSSR count). The van der Waals surface area contributed by atoms with Crippen LogP contribution >= 0.6 is 11.6 Å². The van der Waals surface area contributed by atoms with Crippen LogP contribution in [0.1, 0.15) is 21.5 Å². The summed E-state index contributed by atoms with van der Waals surface area (Å²) in [4.78, 5) is 11.6. The maximum Gasteiger partial charge on any atom is 0.251 e. The van der Waals surface area contributed by atoms with Crippen molar-refractivity contribution in [3.8, 4) is 0 Å². The van der Waals surface area contributed by atoms with Gasteiger partial charge in [-0.15, -0.1) is 0 Å². The number of nitrogens with one attached hydrogen (secondary N) is 2. The molecule has 1 amide bonds. The number of carbonyl (C=O) groups excluding carboxylic acids is 1. The molecule has 0 atom stereocenters. The molecule has 0 aliphatic carbocycles. The van der Waals surface area contributed by atoms with Gasteiger partial charge in [-0.2, -0.15) is 0 Å². The van der Waals surface area contributed by atoms with Gasteiger partial charge in [-0.25, -0.2) is 0 Å². The fourth-order valence-electron chi connectivity index (χ4n) is 1.87. The molecule has 0 aliphatic rings. The van der Waals surface area contributed by atoms with E-state index in [1.807, 2.05) is 43.3 Å². The molecule has 0 radical (unpaired) electrons. The largest absolute Gasteiger partial charge is 0.381 e. The van der Waals surface area contributed by atoms with Crippen LogP contribution in [0, 0.1) is 6.92 Å². The second-order valence-electron chi connectivity index (χ2n) is 4.60. The molecular weight excluding hydrogens is 272 g/mol. The highest BCUT2D eigenvalue weighted by atomic mass is 35.5. The second kappa shape index (κ2) is 6.44. The zero-order chi connectivity index (χ0) is 14.5. The van der Waals surface area contributed by atoms with Crippen molar-refractivity contribution < 1.29 is 4.79 Å². The minimum Gasteiger partial charge on any atom is -0.381 e. The van der Waals surface area contributed by atoms with Crippen LogP contribution in [0.25, 0.3) is 0 Å². The van der Waals surface area contributed by atoms with Gasteiger partial charge < -0.3 is 10.6 Å². The van der Waals surface area contributed by atoms with E-state index < -0.39 is 0 Å². The van der Waals surface area contributed by atoms with E-state index in [0.29, 0.717) is 12.1 Å². The van der Waals surface area contributed by atoms with E-state index in [1.54, 1.807) is 13.1 Å². The lowest BCUT2D eigenvalue weighted by Crippen LogP contribution is -2.17. The molecular formula is C16H17ClN2O. The average Bonchev–Trinajstić information content (AvgIpc) is 2.48. The van der Waals surface area contributed by atoms with Gasteiger partial charge >= 0.3 is 0 Å². The van der Waals surface area contributed by atoms with Crippen LogP contribution < -0.4 is 10.6 Å². The van der Waals surface area contributed by atoms with Crippen molar-refractivity contribution in [3.63, 3.8) is 0 Å². The number of aryl methyl sites for hydroxylation is 1. The lowest BCUT2D eigenvalue weighted by atomic mass is 10.1. The monoisotopic (exact) mass is 288 g/mol. The highest BCUT2D eigenvalue weighted by molar-refractivity contribution is 6.31. The van der Waals surface area contributed by atoms with Crippen molar-refractivity contribution in [1.82, 2.24) is 5.32 Å². The second-order valence-corrected chi connectivity index (χ2v) is 5.00. The topological polar surface area (TPSA) is 41.1 Å². The van der Waals surface area contributed by atoms with Gasteiger partial charge in [-0.05, 0) is 42.3 Å². The lowest BCUT2D eigenvalue weighted by Gasteiger charge is -2.09. The summed E-state index contributed by atoms with van der Waals surface area (Å²) in [6, 6.07) is 13.4. The van der Waals surface area contributed by atoms with Crippen molar-refractivity contribution in [2.75, 3.05) is 12.4 Å². The van der Waals surface area contributed by atoms with E-state index in [-0.39, 0.29) is 5.91 Å². The van der Waals surface area contributed by atoms with Crippen molar-refractivity contribution in [3.05, 3.63) is 64.2 Å². The molecule has 2 N–H and O–H groups in total. The van der Waals surface area contributed by atoms with E-state index in [4.69, 9.17) is 11.6 Å². The number of anilines is 1. The number of amides is 1. The van der Waals surface area contributed by atoms with Gasteiger partial charge in [-0.3, -0.25) is 4.79 Å². The van der Waals surface area contributed by atoms with Gasteiger partial charge in [0.1, 0.15) is 0 Å². The van der Waals surface area contributed by atoms with Crippen LogP contribution in [0.4, 0.5) is 5.69 Å². The molecule has 0 bridgehead atoms. The smallest absolute Gasteiger partial charge is 0.251 e. The standard InChI is InChI=1S/C16H17ClN2O/c1-11-6-7-12(8-15(11)17)10-19-14-5-3-4-13(9-14)16(20)18-2/h3-9,19H,10H2,1-2H3,(H,18,20). The van der Waals surface area contributed by atoms with Gasteiger partial charge in [0.2, 0.25) is 0 Å². The highest BCUT2D eigenvalue weighted by Crippen LogP contribution is 2.18.